The average Bonchev–Trinajstić information content (AvgIpc) is 3.19. The third-order valence-corrected chi connectivity index (χ3v) is 5.44. The van der Waals surface area contributed by atoms with Crippen LogP contribution in [-0.4, -0.2) is 49.2 Å². The summed E-state index contributed by atoms with van der Waals surface area (Å²) in [6, 6.07) is 6.42. The van der Waals surface area contributed by atoms with E-state index >= 15 is 0 Å². The van der Waals surface area contributed by atoms with E-state index in [9.17, 15) is 0 Å². The molecule has 0 bridgehead atoms. The summed E-state index contributed by atoms with van der Waals surface area (Å²) in [5.74, 6) is 0.972. The van der Waals surface area contributed by atoms with Crippen molar-refractivity contribution in [1.82, 2.24) is 9.80 Å². The predicted octanol–water partition coefficient (Wildman–Crippen LogP) is 4.67. The molecule has 0 spiro atoms. The molecule has 27 heavy (non-hydrogen) atoms. The molecule has 2 aliphatic heterocycles. The minimum atomic E-state index is 0.972. The van der Waals surface area contributed by atoms with Crippen LogP contribution in [0, 0.1) is 6.92 Å². The number of anilines is 1. The van der Waals surface area contributed by atoms with Crippen LogP contribution in [0.4, 0.5) is 5.69 Å². The zero-order valence-electron chi connectivity index (χ0n) is 17.0. The number of aryl methyl sites for hydroxylation is 1. The minimum Gasteiger partial charge on any atom is -0.388 e. The fourth-order valence-electron chi connectivity index (χ4n) is 3.79. The Morgan fingerprint density at radius 2 is 2.07 bits per heavy atom. The van der Waals surface area contributed by atoms with E-state index in [-0.39, 0.29) is 0 Å². The average molecular weight is 365 g/mol. The summed E-state index contributed by atoms with van der Waals surface area (Å²) in [5, 5.41) is 3.23. The van der Waals surface area contributed by atoms with Crippen LogP contribution in [-0.2, 0) is 0 Å². The van der Waals surface area contributed by atoms with Gasteiger partial charge >= 0.3 is 0 Å². The summed E-state index contributed by atoms with van der Waals surface area (Å²) in [7, 11) is 4.00. The molecule has 0 unspecified atom stereocenters. The second kappa shape index (κ2) is 9.05. The van der Waals surface area contributed by atoms with Crippen LogP contribution < -0.4 is 5.32 Å². The van der Waals surface area contributed by atoms with Gasteiger partial charge in [-0.05, 0) is 81.6 Å². The third kappa shape index (κ3) is 4.69. The van der Waals surface area contributed by atoms with Gasteiger partial charge in [-0.3, -0.25) is 0 Å². The highest BCUT2D eigenvalue weighted by Crippen LogP contribution is 2.29. The van der Waals surface area contributed by atoms with Gasteiger partial charge in [0.2, 0.25) is 0 Å². The first-order valence-corrected chi connectivity index (χ1v) is 9.99. The molecule has 4 nitrogen and oxygen atoms in total. The zero-order chi connectivity index (χ0) is 19.2. The highest BCUT2D eigenvalue weighted by molar-refractivity contribution is 5.97. The maximum absolute atomic E-state index is 5.00. The highest BCUT2D eigenvalue weighted by Gasteiger charge is 2.16. The molecule has 1 fully saturated rings. The lowest BCUT2D eigenvalue weighted by Gasteiger charge is -2.24. The van der Waals surface area contributed by atoms with Gasteiger partial charge < -0.3 is 15.1 Å². The van der Waals surface area contributed by atoms with E-state index in [2.05, 4.69) is 66.1 Å². The molecule has 1 aromatic rings. The summed E-state index contributed by atoms with van der Waals surface area (Å²) in [6.07, 6.45) is 11.1. The normalized spacial score (nSPS) is 19.2. The number of allylic oxidation sites excluding steroid dienone is 3. The molecule has 2 heterocycles. The molecule has 1 N–H and O–H groups in total. The van der Waals surface area contributed by atoms with E-state index in [1.54, 1.807) is 0 Å². The zero-order valence-corrected chi connectivity index (χ0v) is 17.0. The SMILES string of the molecule is C=C/C(=C1/N=C(CCCN2CCCC2)C=CN1C)c1cc(NC)ccc1C. The van der Waals surface area contributed by atoms with Crippen LogP contribution in [0.5, 0.6) is 0 Å². The number of hydrogen-bond donors (Lipinski definition) is 1. The summed E-state index contributed by atoms with van der Waals surface area (Å²) in [4.78, 5) is 9.65. The predicted molar refractivity (Wildman–Crippen MR) is 117 cm³/mol. The topological polar surface area (TPSA) is 30.9 Å². The maximum Gasteiger partial charge on any atom is 0.140 e. The van der Waals surface area contributed by atoms with E-state index in [1.807, 2.05) is 13.1 Å². The van der Waals surface area contributed by atoms with Crippen molar-refractivity contribution >= 4 is 17.0 Å². The Hall–Kier alpha value is -2.33. The molecule has 3 rings (SSSR count). The van der Waals surface area contributed by atoms with Gasteiger partial charge in [-0.25, -0.2) is 4.99 Å². The smallest absolute Gasteiger partial charge is 0.140 e. The number of hydrogen-bond acceptors (Lipinski definition) is 4. The fourth-order valence-corrected chi connectivity index (χ4v) is 3.79. The number of likely N-dealkylation sites (tertiary alicyclic amines) is 1. The van der Waals surface area contributed by atoms with Gasteiger partial charge in [-0.2, -0.15) is 0 Å². The van der Waals surface area contributed by atoms with Gasteiger partial charge in [0.25, 0.3) is 0 Å². The number of aliphatic imine (C=N–C) groups is 1. The van der Waals surface area contributed by atoms with Gasteiger partial charge in [0.05, 0.1) is 0 Å². The largest absolute Gasteiger partial charge is 0.388 e. The quantitative estimate of drug-likeness (QED) is 0.763. The molecule has 144 valence electrons. The van der Waals surface area contributed by atoms with Crippen molar-refractivity contribution in [2.75, 3.05) is 39.0 Å². The molecule has 0 atom stereocenters. The molecular formula is C23H32N4. The number of benzene rings is 1. The van der Waals surface area contributed by atoms with Crippen molar-refractivity contribution < 1.29 is 0 Å². The van der Waals surface area contributed by atoms with Crippen LogP contribution >= 0.6 is 0 Å². The number of rotatable bonds is 7. The van der Waals surface area contributed by atoms with Crippen LogP contribution in [0.3, 0.4) is 0 Å². The van der Waals surface area contributed by atoms with Gasteiger partial charge in [0.15, 0.2) is 0 Å². The van der Waals surface area contributed by atoms with E-state index in [1.165, 1.54) is 43.6 Å². The van der Waals surface area contributed by atoms with E-state index < -0.39 is 0 Å². The Morgan fingerprint density at radius 3 is 2.78 bits per heavy atom. The molecule has 4 heteroatoms. The second-order valence-corrected chi connectivity index (χ2v) is 7.40. The lowest BCUT2D eigenvalue weighted by atomic mass is 9.99. The van der Waals surface area contributed by atoms with Gasteiger partial charge in [0, 0.05) is 37.3 Å². The second-order valence-electron chi connectivity index (χ2n) is 7.40. The van der Waals surface area contributed by atoms with Crippen LogP contribution in [0.15, 0.2) is 53.9 Å². The van der Waals surface area contributed by atoms with Gasteiger partial charge in [0.1, 0.15) is 5.82 Å². The Bertz CT molecular complexity index is 767. The van der Waals surface area contributed by atoms with Crippen molar-refractivity contribution in [2.45, 2.75) is 32.6 Å². The summed E-state index contributed by atoms with van der Waals surface area (Å²) >= 11 is 0. The van der Waals surface area contributed by atoms with Gasteiger partial charge in [-0.1, -0.05) is 18.7 Å². The Balaban J connectivity index is 1.83. The first-order valence-electron chi connectivity index (χ1n) is 9.99. The Labute approximate surface area is 164 Å². The van der Waals surface area contributed by atoms with Crippen molar-refractivity contribution in [3.05, 3.63) is 60.1 Å². The van der Waals surface area contributed by atoms with Gasteiger partial charge in [-0.15, -0.1) is 0 Å². The third-order valence-electron chi connectivity index (χ3n) is 5.44. The van der Waals surface area contributed by atoms with E-state index in [4.69, 9.17) is 4.99 Å². The lowest BCUT2D eigenvalue weighted by Crippen LogP contribution is -2.22. The molecular weight excluding hydrogens is 332 g/mol. The molecule has 0 saturated carbocycles. The summed E-state index contributed by atoms with van der Waals surface area (Å²) in [5.41, 5.74) is 5.73. The Morgan fingerprint density at radius 1 is 1.30 bits per heavy atom. The fraction of sp³-hybridized carbons (Fsp3) is 0.435. The van der Waals surface area contributed by atoms with Crippen LogP contribution in [0.2, 0.25) is 0 Å². The lowest BCUT2D eigenvalue weighted by molar-refractivity contribution is 0.336. The van der Waals surface area contributed by atoms with Crippen LogP contribution in [0.25, 0.3) is 5.57 Å². The first-order chi connectivity index (χ1) is 13.1. The standard InChI is InChI=1S/C23H32N4/c1-5-21(22-17-20(24-3)11-10-18(22)2)23-25-19(12-16-26(23)4)9-8-15-27-13-6-7-14-27/h5,10-12,16-17,24H,1,6-9,13-15H2,2-4H3/b23-21+. The molecule has 0 aromatic heterocycles. The summed E-state index contributed by atoms with van der Waals surface area (Å²) in [6.45, 7) is 9.92. The highest BCUT2D eigenvalue weighted by atomic mass is 15.2. The van der Waals surface area contributed by atoms with Crippen LogP contribution in [0.1, 0.15) is 36.8 Å². The monoisotopic (exact) mass is 364 g/mol. The Kier molecular flexibility index (Phi) is 6.51. The van der Waals surface area contributed by atoms with Crippen molar-refractivity contribution in [2.24, 2.45) is 4.99 Å². The first kappa shape index (κ1) is 19.4. The maximum atomic E-state index is 5.00. The molecule has 0 aliphatic carbocycles. The van der Waals surface area contributed by atoms with Crippen molar-refractivity contribution in [1.29, 1.82) is 0 Å². The van der Waals surface area contributed by atoms with E-state index in [0.29, 0.717) is 0 Å². The van der Waals surface area contributed by atoms with E-state index in [0.717, 1.165) is 35.6 Å². The summed E-state index contributed by atoms with van der Waals surface area (Å²) < 4.78 is 0. The molecule has 1 aromatic carbocycles. The molecule has 0 radical (unpaired) electrons. The molecule has 0 amide bonds. The van der Waals surface area contributed by atoms with Crippen molar-refractivity contribution in [3.8, 4) is 0 Å². The minimum absolute atomic E-state index is 0.972. The number of nitrogens with zero attached hydrogens (tertiary/aromatic N) is 3. The number of nitrogens with one attached hydrogen (secondary N) is 1. The van der Waals surface area contributed by atoms with Crippen molar-refractivity contribution in [3.63, 3.8) is 0 Å². The molecule has 1 saturated heterocycles. The molecule has 2 aliphatic rings.